The molecule has 1 aliphatic heterocycles. The molecule has 10 heteroatoms. The van der Waals surface area contributed by atoms with Crippen LogP contribution >= 0.6 is 0 Å². The van der Waals surface area contributed by atoms with E-state index in [1.165, 1.54) is 25.1 Å². The van der Waals surface area contributed by atoms with Crippen LogP contribution in [0.3, 0.4) is 0 Å². The van der Waals surface area contributed by atoms with Gasteiger partial charge in [0, 0.05) is 44.0 Å². The maximum atomic E-state index is 13.2. The second-order valence-corrected chi connectivity index (χ2v) is 9.47. The van der Waals surface area contributed by atoms with Crippen LogP contribution in [0.15, 0.2) is 48.5 Å². The quantitative estimate of drug-likeness (QED) is 0.499. The van der Waals surface area contributed by atoms with E-state index < -0.39 is 21.0 Å². The van der Waals surface area contributed by atoms with Crippen LogP contribution in [0.2, 0.25) is 0 Å². The largest absolute Gasteiger partial charge is 0.368 e. The molecule has 0 unspecified atom stereocenters. The van der Waals surface area contributed by atoms with Crippen molar-refractivity contribution in [1.29, 1.82) is 0 Å². The van der Waals surface area contributed by atoms with E-state index >= 15 is 0 Å². The van der Waals surface area contributed by atoms with E-state index in [1.807, 2.05) is 30.3 Å². The predicted octanol–water partition coefficient (Wildman–Crippen LogP) is 2.41. The number of aryl methyl sites for hydroxylation is 1. The van der Waals surface area contributed by atoms with Gasteiger partial charge in [-0.3, -0.25) is 19.2 Å². The lowest BCUT2D eigenvalue weighted by atomic mass is 10.1. The fourth-order valence-electron chi connectivity index (χ4n) is 3.81. The maximum absolute atomic E-state index is 13.2. The number of piperazine rings is 1. The van der Waals surface area contributed by atoms with Crippen molar-refractivity contribution in [2.24, 2.45) is 0 Å². The lowest BCUT2D eigenvalue weighted by Crippen LogP contribution is -2.55. The van der Waals surface area contributed by atoms with Crippen LogP contribution in [0.4, 0.5) is 17.1 Å². The molecule has 0 bridgehead atoms. The standard InChI is InChI=1S/C21H26N4O5S/c1-16-9-10-19(25(27)28)15-20(16)24(31(3,29)30)17(2)21(26)23-13-11-22(12-14-23)18-7-5-4-6-8-18/h4-10,15,17H,11-14H2,1-3H3/t17-/m1/s1. The Morgan fingerprint density at radius 2 is 1.71 bits per heavy atom. The van der Waals surface area contributed by atoms with Crippen molar-refractivity contribution >= 4 is 33.0 Å². The first kappa shape index (κ1) is 22.5. The van der Waals surface area contributed by atoms with Gasteiger partial charge in [0.1, 0.15) is 6.04 Å². The summed E-state index contributed by atoms with van der Waals surface area (Å²) in [5.74, 6) is -0.330. The van der Waals surface area contributed by atoms with Gasteiger partial charge in [-0.25, -0.2) is 8.42 Å². The van der Waals surface area contributed by atoms with Crippen molar-refractivity contribution in [2.45, 2.75) is 19.9 Å². The van der Waals surface area contributed by atoms with Crippen LogP contribution in [0.1, 0.15) is 12.5 Å². The summed E-state index contributed by atoms with van der Waals surface area (Å²) in [5, 5.41) is 11.2. The zero-order valence-corrected chi connectivity index (χ0v) is 18.6. The van der Waals surface area contributed by atoms with Gasteiger partial charge in [0.25, 0.3) is 5.69 Å². The first-order valence-corrected chi connectivity index (χ1v) is 11.8. The molecule has 1 fully saturated rings. The number of rotatable bonds is 6. The van der Waals surface area contributed by atoms with E-state index in [9.17, 15) is 23.3 Å². The van der Waals surface area contributed by atoms with Gasteiger partial charge in [0.15, 0.2) is 0 Å². The van der Waals surface area contributed by atoms with Crippen LogP contribution in [-0.4, -0.2) is 62.6 Å². The fraction of sp³-hybridized carbons (Fsp3) is 0.381. The van der Waals surface area contributed by atoms with Crippen LogP contribution in [0, 0.1) is 17.0 Å². The highest BCUT2D eigenvalue weighted by atomic mass is 32.2. The molecule has 0 radical (unpaired) electrons. The number of para-hydroxylation sites is 1. The van der Waals surface area contributed by atoms with Crippen LogP contribution in [0.5, 0.6) is 0 Å². The van der Waals surface area contributed by atoms with Crippen molar-refractivity contribution in [2.75, 3.05) is 41.6 Å². The summed E-state index contributed by atoms with van der Waals surface area (Å²) < 4.78 is 26.2. The van der Waals surface area contributed by atoms with Crippen molar-refractivity contribution in [3.05, 3.63) is 64.2 Å². The number of nitro benzene ring substituents is 1. The molecule has 2 aromatic carbocycles. The summed E-state index contributed by atoms with van der Waals surface area (Å²) in [5.41, 5.74) is 1.52. The monoisotopic (exact) mass is 446 g/mol. The van der Waals surface area contributed by atoms with Gasteiger partial charge in [-0.05, 0) is 31.5 Å². The van der Waals surface area contributed by atoms with Gasteiger partial charge >= 0.3 is 0 Å². The summed E-state index contributed by atoms with van der Waals surface area (Å²) in [6, 6.07) is 12.9. The van der Waals surface area contributed by atoms with Gasteiger partial charge < -0.3 is 9.80 Å². The molecule has 166 valence electrons. The second kappa shape index (κ2) is 8.93. The zero-order valence-electron chi connectivity index (χ0n) is 17.8. The predicted molar refractivity (Wildman–Crippen MR) is 120 cm³/mol. The average molecular weight is 447 g/mol. The number of hydrogen-bond donors (Lipinski definition) is 0. The molecule has 1 heterocycles. The topological polar surface area (TPSA) is 104 Å². The Kier molecular flexibility index (Phi) is 6.49. The molecule has 0 aromatic heterocycles. The Bertz CT molecular complexity index is 1070. The first-order chi connectivity index (χ1) is 14.6. The molecule has 0 saturated carbocycles. The van der Waals surface area contributed by atoms with Crippen LogP contribution in [-0.2, 0) is 14.8 Å². The Morgan fingerprint density at radius 1 is 1.10 bits per heavy atom. The van der Waals surface area contributed by atoms with Crippen molar-refractivity contribution in [3.8, 4) is 0 Å². The van der Waals surface area contributed by atoms with Crippen molar-refractivity contribution in [3.63, 3.8) is 0 Å². The number of sulfonamides is 1. The van der Waals surface area contributed by atoms with E-state index in [0.717, 1.165) is 16.2 Å². The van der Waals surface area contributed by atoms with E-state index in [4.69, 9.17) is 0 Å². The molecule has 0 N–H and O–H groups in total. The van der Waals surface area contributed by atoms with E-state index in [0.29, 0.717) is 31.7 Å². The minimum absolute atomic E-state index is 0.139. The normalized spacial score (nSPS) is 15.5. The highest BCUT2D eigenvalue weighted by molar-refractivity contribution is 7.92. The molecule has 1 atom stereocenters. The van der Waals surface area contributed by atoms with Gasteiger partial charge in [-0.2, -0.15) is 0 Å². The number of nitrogens with zero attached hydrogens (tertiary/aromatic N) is 4. The van der Waals surface area contributed by atoms with Crippen molar-refractivity contribution < 1.29 is 18.1 Å². The third kappa shape index (κ3) is 4.96. The minimum atomic E-state index is -3.87. The summed E-state index contributed by atoms with van der Waals surface area (Å²) in [6.07, 6.45) is 1.00. The molecule has 2 aromatic rings. The molecule has 31 heavy (non-hydrogen) atoms. The van der Waals surface area contributed by atoms with Crippen molar-refractivity contribution in [1.82, 2.24) is 4.90 Å². The fourth-order valence-corrected chi connectivity index (χ4v) is 5.03. The highest BCUT2D eigenvalue weighted by Gasteiger charge is 2.34. The molecule has 3 rings (SSSR count). The summed E-state index contributed by atoms with van der Waals surface area (Å²) >= 11 is 0. The van der Waals surface area contributed by atoms with E-state index in [2.05, 4.69) is 4.90 Å². The van der Waals surface area contributed by atoms with E-state index in [-0.39, 0.29) is 17.3 Å². The van der Waals surface area contributed by atoms with Gasteiger partial charge in [-0.15, -0.1) is 0 Å². The molecule has 0 aliphatic carbocycles. The number of benzene rings is 2. The summed E-state index contributed by atoms with van der Waals surface area (Å²) in [6.45, 7) is 5.37. The number of nitro groups is 1. The van der Waals surface area contributed by atoms with Crippen LogP contribution in [0.25, 0.3) is 0 Å². The molecule has 1 amide bonds. The van der Waals surface area contributed by atoms with Crippen LogP contribution < -0.4 is 9.21 Å². The molecule has 9 nitrogen and oxygen atoms in total. The molecule has 0 spiro atoms. The zero-order chi connectivity index (χ0) is 22.8. The number of carbonyl (C=O) groups excluding carboxylic acids is 1. The number of carbonyl (C=O) groups is 1. The minimum Gasteiger partial charge on any atom is -0.368 e. The Morgan fingerprint density at radius 3 is 2.26 bits per heavy atom. The Balaban J connectivity index is 1.82. The Labute approximate surface area is 182 Å². The molecule has 1 aliphatic rings. The molecular weight excluding hydrogens is 420 g/mol. The van der Waals surface area contributed by atoms with E-state index in [1.54, 1.807) is 11.8 Å². The molecular formula is C21H26N4O5S. The lowest BCUT2D eigenvalue weighted by molar-refractivity contribution is -0.384. The number of amides is 1. The molecule has 1 saturated heterocycles. The number of hydrogen-bond acceptors (Lipinski definition) is 6. The SMILES string of the molecule is Cc1ccc([N+](=O)[O-])cc1N([C@H](C)C(=O)N1CCN(c2ccccc2)CC1)S(C)(=O)=O. The third-order valence-electron chi connectivity index (χ3n) is 5.42. The number of anilines is 2. The third-order valence-corrected chi connectivity index (χ3v) is 6.65. The summed E-state index contributed by atoms with van der Waals surface area (Å²) in [4.78, 5) is 27.6. The van der Waals surface area contributed by atoms with Gasteiger partial charge in [-0.1, -0.05) is 24.3 Å². The highest BCUT2D eigenvalue weighted by Crippen LogP contribution is 2.30. The van der Waals surface area contributed by atoms with Gasteiger partial charge in [0.05, 0.1) is 16.9 Å². The Hall–Kier alpha value is -3.14. The first-order valence-electron chi connectivity index (χ1n) is 9.93. The summed E-state index contributed by atoms with van der Waals surface area (Å²) in [7, 11) is -3.87. The van der Waals surface area contributed by atoms with Gasteiger partial charge in [0.2, 0.25) is 15.9 Å². The lowest BCUT2D eigenvalue weighted by Gasteiger charge is -2.39. The average Bonchev–Trinajstić information content (AvgIpc) is 2.74. The second-order valence-electron chi connectivity index (χ2n) is 7.61. The smallest absolute Gasteiger partial charge is 0.271 e. The maximum Gasteiger partial charge on any atom is 0.271 e. The number of non-ortho nitro benzene ring substituents is 1.